The Morgan fingerprint density at radius 1 is 1.31 bits per heavy atom. The van der Waals surface area contributed by atoms with Gasteiger partial charge in [0.15, 0.2) is 5.69 Å². The lowest BCUT2D eigenvalue weighted by molar-refractivity contribution is -0.140. The molecule has 0 unspecified atom stereocenters. The summed E-state index contributed by atoms with van der Waals surface area (Å²) in [7, 11) is -2.78. The summed E-state index contributed by atoms with van der Waals surface area (Å²) in [5.74, 6) is -1.10. The van der Waals surface area contributed by atoms with E-state index in [1.807, 2.05) is 0 Å². The van der Waals surface area contributed by atoms with Crippen LogP contribution < -0.4 is 5.32 Å². The predicted octanol–water partition coefficient (Wildman–Crippen LogP) is 0.299. The summed E-state index contributed by atoms with van der Waals surface area (Å²) in [5, 5.41) is 2.66. The Balaban J connectivity index is 2.20. The lowest BCUT2D eigenvalue weighted by atomic mass is 10.2. The van der Waals surface area contributed by atoms with Crippen LogP contribution in [0.3, 0.4) is 0 Å². The molecule has 1 amide bonds. The van der Waals surface area contributed by atoms with E-state index in [0.717, 1.165) is 4.31 Å². The number of amides is 1. The monoisotopic (exact) mass is 378 g/mol. The first-order chi connectivity index (χ1) is 12.4. The second-order valence-electron chi connectivity index (χ2n) is 5.59. The topological polar surface area (TPSA) is 111 Å². The number of benzene rings is 1. The van der Waals surface area contributed by atoms with Crippen LogP contribution in [0, 0.1) is 0 Å². The largest absolute Gasteiger partial charge is 0.468 e. The van der Waals surface area contributed by atoms with Crippen LogP contribution in [-0.2, 0) is 26.1 Å². The molecule has 138 valence electrons. The molecule has 1 N–H and O–H groups in total. The van der Waals surface area contributed by atoms with Crippen LogP contribution in [0.15, 0.2) is 35.5 Å². The zero-order chi connectivity index (χ0) is 18.9. The third-order valence-electron chi connectivity index (χ3n) is 4.02. The molecule has 9 nitrogen and oxygen atoms in total. The smallest absolute Gasteiger partial charge is 0.321 e. The van der Waals surface area contributed by atoms with Crippen molar-refractivity contribution < 1.29 is 22.7 Å². The second-order valence-corrected chi connectivity index (χ2v) is 7.49. The van der Waals surface area contributed by atoms with Crippen molar-refractivity contribution in [1.29, 1.82) is 0 Å². The van der Waals surface area contributed by atoms with Crippen molar-refractivity contribution in [3.8, 4) is 5.69 Å². The number of carbonyl (C=O) groups is 2. The maximum absolute atomic E-state index is 13.0. The van der Waals surface area contributed by atoms with Gasteiger partial charge in [-0.2, -0.15) is 4.31 Å². The van der Waals surface area contributed by atoms with Crippen LogP contribution in [0.5, 0.6) is 0 Å². The first-order valence-corrected chi connectivity index (χ1v) is 9.35. The summed E-state index contributed by atoms with van der Waals surface area (Å²) in [6, 6.07) is 6.37. The van der Waals surface area contributed by atoms with Gasteiger partial charge < -0.3 is 10.1 Å². The molecule has 0 fully saturated rings. The Bertz CT molecular complexity index is 967. The van der Waals surface area contributed by atoms with E-state index in [4.69, 9.17) is 0 Å². The quantitative estimate of drug-likeness (QED) is 0.766. The average Bonchev–Trinajstić information content (AvgIpc) is 3.01. The van der Waals surface area contributed by atoms with Crippen molar-refractivity contribution in [2.75, 3.05) is 20.2 Å². The SMILES string of the molecule is CCNC(=O)c1ncn2c1CN(CC(=O)OC)S(=O)(=O)c1ccccc1-2. The molecule has 0 aliphatic carbocycles. The van der Waals surface area contributed by atoms with E-state index in [1.54, 1.807) is 29.7 Å². The van der Waals surface area contributed by atoms with E-state index in [9.17, 15) is 18.0 Å². The van der Waals surface area contributed by atoms with E-state index in [-0.39, 0.29) is 17.1 Å². The van der Waals surface area contributed by atoms with Crippen LogP contribution in [0.1, 0.15) is 23.1 Å². The number of hydrogen-bond acceptors (Lipinski definition) is 6. The van der Waals surface area contributed by atoms with E-state index in [1.165, 1.54) is 19.5 Å². The number of methoxy groups -OCH3 is 1. The van der Waals surface area contributed by atoms with Crippen molar-refractivity contribution in [2.45, 2.75) is 18.4 Å². The number of carbonyl (C=O) groups excluding carboxylic acids is 2. The summed E-state index contributed by atoms with van der Waals surface area (Å²) in [6.07, 6.45) is 1.41. The van der Waals surface area contributed by atoms with Crippen molar-refractivity contribution in [1.82, 2.24) is 19.2 Å². The number of nitrogens with one attached hydrogen (secondary N) is 1. The van der Waals surface area contributed by atoms with Gasteiger partial charge in [0.2, 0.25) is 10.0 Å². The Morgan fingerprint density at radius 3 is 2.73 bits per heavy atom. The Morgan fingerprint density at radius 2 is 2.04 bits per heavy atom. The first kappa shape index (κ1) is 18.1. The number of nitrogens with zero attached hydrogens (tertiary/aromatic N) is 3. The highest BCUT2D eigenvalue weighted by molar-refractivity contribution is 7.89. The second kappa shape index (κ2) is 6.89. The summed E-state index contributed by atoms with van der Waals surface area (Å²) in [5.41, 5.74) is 0.875. The average molecular weight is 378 g/mol. The maximum Gasteiger partial charge on any atom is 0.321 e. The number of para-hydroxylation sites is 1. The minimum Gasteiger partial charge on any atom is -0.468 e. The minimum atomic E-state index is -3.96. The van der Waals surface area contributed by atoms with Crippen LogP contribution in [0.4, 0.5) is 0 Å². The predicted molar refractivity (Wildman–Crippen MR) is 91.2 cm³/mol. The lowest BCUT2D eigenvalue weighted by Crippen LogP contribution is -2.36. The number of sulfonamides is 1. The highest BCUT2D eigenvalue weighted by atomic mass is 32.2. The fourth-order valence-corrected chi connectivity index (χ4v) is 4.31. The molecule has 1 aromatic carbocycles. The molecule has 1 aliphatic rings. The zero-order valence-electron chi connectivity index (χ0n) is 14.3. The van der Waals surface area contributed by atoms with Crippen LogP contribution in [0.25, 0.3) is 5.69 Å². The third kappa shape index (κ3) is 2.97. The third-order valence-corrected chi connectivity index (χ3v) is 5.86. The van der Waals surface area contributed by atoms with Gasteiger partial charge in [0, 0.05) is 6.54 Å². The first-order valence-electron chi connectivity index (χ1n) is 7.91. The maximum atomic E-state index is 13.0. The Kier molecular flexibility index (Phi) is 4.79. The number of esters is 1. The van der Waals surface area contributed by atoms with E-state index in [2.05, 4.69) is 15.0 Å². The molecule has 3 rings (SSSR count). The standard InChI is InChI=1S/C16H18N4O5S/c1-3-17-16(22)15-12-8-19(9-14(21)25-2)26(23,24)13-7-5-4-6-11(13)20(12)10-18-15/h4-7,10H,3,8-9H2,1-2H3,(H,17,22). The van der Waals surface area contributed by atoms with E-state index >= 15 is 0 Å². The number of rotatable bonds is 4. The molecule has 2 heterocycles. The van der Waals surface area contributed by atoms with Gasteiger partial charge in [-0.25, -0.2) is 13.4 Å². The lowest BCUT2D eigenvalue weighted by Gasteiger charge is -2.19. The van der Waals surface area contributed by atoms with Gasteiger partial charge >= 0.3 is 5.97 Å². The Labute approximate surface area is 150 Å². The van der Waals surface area contributed by atoms with Crippen molar-refractivity contribution in [3.05, 3.63) is 42.0 Å². The minimum absolute atomic E-state index is 0.0301. The molecule has 0 bridgehead atoms. The summed E-state index contributed by atoms with van der Waals surface area (Å²) in [4.78, 5) is 28.2. The molecular formula is C16H18N4O5S. The molecule has 0 saturated carbocycles. The summed E-state index contributed by atoms with van der Waals surface area (Å²) in [6.45, 7) is 1.54. The molecule has 1 aliphatic heterocycles. The molecule has 0 saturated heterocycles. The number of ether oxygens (including phenoxy) is 1. The highest BCUT2D eigenvalue weighted by Gasteiger charge is 2.35. The van der Waals surface area contributed by atoms with Gasteiger partial charge in [-0.15, -0.1) is 0 Å². The molecule has 0 atom stereocenters. The fraction of sp³-hybridized carbons (Fsp3) is 0.312. The van der Waals surface area contributed by atoms with Gasteiger partial charge in [0.05, 0.1) is 25.0 Å². The van der Waals surface area contributed by atoms with Crippen LogP contribution in [0.2, 0.25) is 0 Å². The van der Waals surface area contributed by atoms with Gasteiger partial charge in [-0.05, 0) is 19.1 Å². The van der Waals surface area contributed by atoms with Crippen molar-refractivity contribution in [3.63, 3.8) is 0 Å². The Hall–Kier alpha value is -2.72. The molecule has 0 spiro atoms. The van der Waals surface area contributed by atoms with Gasteiger partial charge in [0.25, 0.3) is 5.91 Å². The molecule has 10 heteroatoms. The molecule has 0 radical (unpaired) electrons. The van der Waals surface area contributed by atoms with Crippen LogP contribution >= 0.6 is 0 Å². The summed E-state index contributed by atoms with van der Waals surface area (Å²) < 4.78 is 33.2. The van der Waals surface area contributed by atoms with Crippen molar-refractivity contribution in [2.24, 2.45) is 0 Å². The number of hydrogen-bond donors (Lipinski definition) is 1. The molecule has 26 heavy (non-hydrogen) atoms. The van der Waals surface area contributed by atoms with Crippen molar-refractivity contribution >= 4 is 21.9 Å². The normalized spacial score (nSPS) is 15.5. The van der Waals surface area contributed by atoms with Gasteiger partial charge in [-0.3, -0.25) is 14.2 Å². The van der Waals surface area contributed by atoms with E-state index < -0.39 is 28.4 Å². The summed E-state index contributed by atoms with van der Waals surface area (Å²) >= 11 is 0. The molecular weight excluding hydrogens is 360 g/mol. The van der Waals surface area contributed by atoms with Crippen LogP contribution in [-0.4, -0.2) is 54.3 Å². The zero-order valence-corrected chi connectivity index (χ0v) is 15.1. The highest BCUT2D eigenvalue weighted by Crippen LogP contribution is 2.31. The van der Waals surface area contributed by atoms with E-state index in [0.29, 0.717) is 17.9 Å². The van der Waals surface area contributed by atoms with Gasteiger partial charge in [-0.1, -0.05) is 12.1 Å². The molecule has 1 aromatic heterocycles. The number of fused-ring (bicyclic) bond motifs is 3. The molecule has 2 aromatic rings. The fourth-order valence-electron chi connectivity index (χ4n) is 2.78. The number of aromatic nitrogens is 2. The van der Waals surface area contributed by atoms with Gasteiger partial charge in [0.1, 0.15) is 17.8 Å². The number of imidazole rings is 1.